The molecule has 0 unspecified atom stereocenters. The van der Waals surface area contributed by atoms with Crippen LogP contribution in [0.4, 0.5) is 0 Å². The summed E-state index contributed by atoms with van der Waals surface area (Å²) in [6.07, 6.45) is 3.15. The molecular weight excluding hydrogens is 450 g/mol. The molecule has 0 N–H and O–H groups in total. The number of hydrogen-bond acceptors (Lipinski definition) is 4. The molecule has 2 heterocycles. The van der Waals surface area contributed by atoms with Crippen LogP contribution in [-0.4, -0.2) is 52.8 Å². The normalized spacial score (nSPS) is 14.7. The Kier molecular flexibility index (Phi) is 7.72. The lowest BCUT2D eigenvalue weighted by atomic mass is 9.95. The van der Waals surface area contributed by atoms with Gasteiger partial charge in [-0.2, -0.15) is 0 Å². The van der Waals surface area contributed by atoms with Gasteiger partial charge in [0.05, 0.1) is 5.56 Å². The zero-order valence-electron chi connectivity index (χ0n) is 16.8. The highest BCUT2D eigenvalue weighted by Crippen LogP contribution is 2.31. The minimum atomic E-state index is -0.00792. The number of nitrogens with zero attached hydrogens (tertiary/aromatic N) is 3. The molecule has 1 aromatic heterocycles. The van der Waals surface area contributed by atoms with Crippen molar-refractivity contribution in [2.75, 3.05) is 26.2 Å². The monoisotopic (exact) mass is 475 g/mol. The summed E-state index contributed by atoms with van der Waals surface area (Å²) in [6, 6.07) is 11.6. The van der Waals surface area contributed by atoms with Gasteiger partial charge in [0.25, 0.3) is 5.91 Å². The zero-order chi connectivity index (χ0) is 20.8. The van der Waals surface area contributed by atoms with E-state index in [-0.39, 0.29) is 17.7 Å². The third-order valence-corrected chi connectivity index (χ3v) is 6.79. The van der Waals surface area contributed by atoms with Gasteiger partial charge < -0.3 is 9.80 Å². The van der Waals surface area contributed by atoms with Gasteiger partial charge in [0.15, 0.2) is 0 Å². The van der Waals surface area contributed by atoms with Crippen LogP contribution in [-0.2, 0) is 4.79 Å². The summed E-state index contributed by atoms with van der Waals surface area (Å²) >= 11 is 4.93. The van der Waals surface area contributed by atoms with Crippen LogP contribution in [0.5, 0.6) is 0 Å². The van der Waals surface area contributed by atoms with Crippen molar-refractivity contribution in [3.8, 4) is 0 Å². The molecule has 1 aromatic carbocycles. The highest BCUT2D eigenvalue weighted by atomic mass is 79.9. The Morgan fingerprint density at radius 2 is 1.79 bits per heavy atom. The van der Waals surface area contributed by atoms with E-state index in [2.05, 4.69) is 20.9 Å². The lowest BCUT2D eigenvalue weighted by molar-refractivity contribution is -0.136. The summed E-state index contributed by atoms with van der Waals surface area (Å²) in [7, 11) is 0. The van der Waals surface area contributed by atoms with Crippen molar-refractivity contribution in [3.63, 3.8) is 0 Å². The molecule has 0 spiro atoms. The predicted molar refractivity (Wildman–Crippen MR) is 119 cm³/mol. The molecule has 0 aliphatic carbocycles. The third kappa shape index (κ3) is 5.39. The standard InChI is InChI=1S/C22H26BrN3O2S/c1-3-25(4-2)21(27)16-11-14-26(15-12-16)22(28)19-6-5-13-24-20(19)29-18-9-7-17(23)8-10-18/h5-10,13,16H,3-4,11-12,14-15H2,1-2H3. The van der Waals surface area contributed by atoms with Crippen LogP contribution < -0.4 is 0 Å². The number of hydrogen-bond donors (Lipinski definition) is 0. The number of amides is 2. The van der Waals surface area contributed by atoms with Crippen LogP contribution in [0.15, 0.2) is 57.0 Å². The molecule has 7 heteroatoms. The number of pyridine rings is 1. The molecule has 1 saturated heterocycles. The second-order valence-corrected chi connectivity index (χ2v) is 8.97. The van der Waals surface area contributed by atoms with E-state index < -0.39 is 0 Å². The van der Waals surface area contributed by atoms with E-state index in [0.29, 0.717) is 23.7 Å². The maximum atomic E-state index is 13.2. The second-order valence-electron chi connectivity index (χ2n) is 6.99. The van der Waals surface area contributed by atoms with Crippen LogP contribution in [0.2, 0.25) is 0 Å². The topological polar surface area (TPSA) is 53.5 Å². The molecular formula is C22H26BrN3O2S. The highest BCUT2D eigenvalue weighted by Gasteiger charge is 2.30. The molecule has 1 aliphatic rings. The fourth-order valence-electron chi connectivity index (χ4n) is 3.54. The summed E-state index contributed by atoms with van der Waals surface area (Å²) in [5, 5.41) is 0.709. The van der Waals surface area contributed by atoms with Crippen LogP contribution in [0.3, 0.4) is 0 Å². The number of benzene rings is 1. The maximum absolute atomic E-state index is 13.2. The van der Waals surface area contributed by atoms with E-state index in [1.807, 2.05) is 54.0 Å². The van der Waals surface area contributed by atoms with Crippen molar-refractivity contribution in [3.05, 3.63) is 52.6 Å². The van der Waals surface area contributed by atoms with Gasteiger partial charge in [-0.05, 0) is 63.1 Å². The number of carbonyl (C=O) groups excluding carboxylic acids is 2. The van der Waals surface area contributed by atoms with E-state index in [9.17, 15) is 9.59 Å². The van der Waals surface area contributed by atoms with Crippen LogP contribution >= 0.6 is 27.7 Å². The number of halogens is 1. The molecule has 0 atom stereocenters. The number of rotatable bonds is 6. The van der Waals surface area contributed by atoms with Crippen LogP contribution in [0.1, 0.15) is 37.0 Å². The van der Waals surface area contributed by atoms with Crippen molar-refractivity contribution in [1.82, 2.24) is 14.8 Å². The Morgan fingerprint density at radius 3 is 2.41 bits per heavy atom. The van der Waals surface area contributed by atoms with Gasteiger partial charge in [0, 0.05) is 47.7 Å². The molecule has 2 aromatic rings. The average molecular weight is 476 g/mol. The molecule has 0 bridgehead atoms. The third-order valence-electron chi connectivity index (χ3n) is 5.24. The van der Waals surface area contributed by atoms with E-state index in [0.717, 1.165) is 35.3 Å². The van der Waals surface area contributed by atoms with Gasteiger partial charge in [0.2, 0.25) is 5.91 Å². The minimum Gasteiger partial charge on any atom is -0.343 e. The first-order valence-electron chi connectivity index (χ1n) is 10.00. The van der Waals surface area contributed by atoms with Gasteiger partial charge in [-0.15, -0.1) is 0 Å². The average Bonchev–Trinajstić information content (AvgIpc) is 2.76. The van der Waals surface area contributed by atoms with E-state index in [1.54, 1.807) is 12.3 Å². The van der Waals surface area contributed by atoms with E-state index in [4.69, 9.17) is 0 Å². The second kappa shape index (κ2) is 10.3. The molecule has 1 aliphatic heterocycles. The highest BCUT2D eigenvalue weighted by molar-refractivity contribution is 9.10. The van der Waals surface area contributed by atoms with Crippen LogP contribution in [0, 0.1) is 5.92 Å². The van der Waals surface area contributed by atoms with Crippen molar-refractivity contribution >= 4 is 39.5 Å². The SMILES string of the molecule is CCN(CC)C(=O)C1CCN(C(=O)c2cccnc2Sc2ccc(Br)cc2)CC1. The first-order chi connectivity index (χ1) is 14.0. The number of piperidine rings is 1. The van der Waals surface area contributed by atoms with Crippen molar-refractivity contribution in [2.45, 2.75) is 36.6 Å². The van der Waals surface area contributed by atoms with Gasteiger partial charge in [-0.3, -0.25) is 9.59 Å². The van der Waals surface area contributed by atoms with E-state index >= 15 is 0 Å². The fourth-order valence-corrected chi connectivity index (χ4v) is 4.68. The van der Waals surface area contributed by atoms with E-state index in [1.165, 1.54) is 11.8 Å². The van der Waals surface area contributed by atoms with Gasteiger partial charge >= 0.3 is 0 Å². The molecule has 154 valence electrons. The molecule has 0 radical (unpaired) electrons. The Bertz CT molecular complexity index is 847. The van der Waals surface area contributed by atoms with Crippen LogP contribution in [0.25, 0.3) is 0 Å². The summed E-state index contributed by atoms with van der Waals surface area (Å²) in [5.41, 5.74) is 0.619. The Labute approximate surface area is 185 Å². The van der Waals surface area contributed by atoms with Gasteiger partial charge in [-0.25, -0.2) is 4.98 Å². The lowest BCUT2D eigenvalue weighted by Gasteiger charge is -2.34. The Morgan fingerprint density at radius 1 is 1.14 bits per heavy atom. The molecule has 3 rings (SSSR count). The number of aromatic nitrogens is 1. The quantitative estimate of drug-likeness (QED) is 0.606. The largest absolute Gasteiger partial charge is 0.343 e. The molecule has 5 nitrogen and oxygen atoms in total. The van der Waals surface area contributed by atoms with Gasteiger partial charge in [-0.1, -0.05) is 27.7 Å². The predicted octanol–water partition coefficient (Wildman–Crippen LogP) is 4.72. The Balaban J connectivity index is 1.67. The summed E-state index contributed by atoms with van der Waals surface area (Å²) < 4.78 is 1.02. The Hall–Kier alpha value is -1.86. The van der Waals surface area contributed by atoms with Crippen molar-refractivity contribution in [1.29, 1.82) is 0 Å². The first kappa shape index (κ1) is 21.8. The summed E-state index contributed by atoms with van der Waals surface area (Å²) in [6.45, 7) is 6.70. The van der Waals surface area contributed by atoms with Gasteiger partial charge in [0.1, 0.15) is 5.03 Å². The fraction of sp³-hybridized carbons (Fsp3) is 0.409. The summed E-state index contributed by atoms with van der Waals surface area (Å²) in [5.74, 6) is 0.228. The molecule has 29 heavy (non-hydrogen) atoms. The molecule has 0 saturated carbocycles. The lowest BCUT2D eigenvalue weighted by Crippen LogP contribution is -2.44. The van der Waals surface area contributed by atoms with Crippen molar-refractivity contribution in [2.24, 2.45) is 5.92 Å². The smallest absolute Gasteiger partial charge is 0.256 e. The first-order valence-corrected chi connectivity index (χ1v) is 11.6. The molecule has 2 amide bonds. The minimum absolute atomic E-state index is 0.00792. The summed E-state index contributed by atoms with van der Waals surface area (Å²) in [4.78, 5) is 35.0. The zero-order valence-corrected chi connectivity index (χ0v) is 19.2. The molecule has 1 fully saturated rings. The number of carbonyl (C=O) groups is 2. The van der Waals surface area contributed by atoms with Crippen molar-refractivity contribution < 1.29 is 9.59 Å². The number of likely N-dealkylation sites (tertiary alicyclic amines) is 1. The maximum Gasteiger partial charge on any atom is 0.256 e.